The Hall–Kier alpha value is -2.99. The summed E-state index contributed by atoms with van der Waals surface area (Å²) in [5.41, 5.74) is 2.43. The second-order valence-corrected chi connectivity index (χ2v) is 8.89. The molecular weight excluding hydrogens is 426 g/mol. The van der Waals surface area contributed by atoms with Gasteiger partial charge in [-0.15, -0.1) is 0 Å². The Bertz CT molecular complexity index is 977. The summed E-state index contributed by atoms with van der Waals surface area (Å²) in [7, 11) is 1.42. The minimum atomic E-state index is -0.846. The van der Waals surface area contributed by atoms with Crippen LogP contribution in [0.2, 0.25) is 0 Å². The maximum absolute atomic E-state index is 12.8. The number of carbonyl (C=O) groups is 1. The number of hydrogen-bond donors (Lipinski definition) is 1. The monoisotopic (exact) mass is 461 g/mol. The molecule has 0 aliphatic rings. The molecular formula is C29H35NO4. The van der Waals surface area contributed by atoms with Gasteiger partial charge in [0.15, 0.2) is 0 Å². The van der Waals surface area contributed by atoms with Gasteiger partial charge in [-0.25, -0.2) is 0 Å². The summed E-state index contributed by atoms with van der Waals surface area (Å²) in [6, 6.07) is 29.8. The quantitative estimate of drug-likeness (QED) is 0.357. The molecule has 0 aromatic heterocycles. The van der Waals surface area contributed by atoms with Crippen molar-refractivity contribution in [3.8, 4) is 0 Å². The topological polar surface area (TPSA) is 56.8 Å². The normalized spacial score (nSPS) is 13.3. The molecule has 0 bridgehead atoms. The van der Waals surface area contributed by atoms with E-state index in [9.17, 15) is 4.79 Å². The van der Waals surface area contributed by atoms with E-state index in [1.807, 2.05) is 92.7 Å². The summed E-state index contributed by atoms with van der Waals surface area (Å²) in [5.74, 6) is -0.297. The first kappa shape index (κ1) is 25.6. The largest absolute Gasteiger partial charge is 0.469 e. The average molecular weight is 462 g/mol. The highest BCUT2D eigenvalue weighted by Crippen LogP contribution is 2.28. The van der Waals surface area contributed by atoms with Gasteiger partial charge in [-0.3, -0.25) is 4.79 Å². The lowest BCUT2D eigenvalue weighted by atomic mass is 9.81. The van der Waals surface area contributed by atoms with Crippen molar-refractivity contribution in [1.82, 2.24) is 5.32 Å². The van der Waals surface area contributed by atoms with Gasteiger partial charge in [0.05, 0.1) is 44.5 Å². The van der Waals surface area contributed by atoms with Crippen LogP contribution < -0.4 is 5.32 Å². The molecule has 3 aromatic rings. The van der Waals surface area contributed by atoms with E-state index in [0.29, 0.717) is 26.4 Å². The fraction of sp³-hybridized carbons (Fsp3) is 0.345. The molecule has 0 spiro atoms. The highest BCUT2D eigenvalue weighted by Gasteiger charge is 2.43. The van der Waals surface area contributed by atoms with E-state index in [2.05, 4.69) is 17.4 Å². The predicted octanol–water partition coefficient (Wildman–Crippen LogP) is 5.15. The highest BCUT2D eigenvalue weighted by molar-refractivity contribution is 5.76. The van der Waals surface area contributed by atoms with Crippen LogP contribution in [0.1, 0.15) is 30.5 Å². The third-order valence-electron chi connectivity index (χ3n) is 5.93. The number of esters is 1. The van der Waals surface area contributed by atoms with Gasteiger partial charge in [-0.2, -0.15) is 0 Å². The van der Waals surface area contributed by atoms with E-state index in [1.54, 1.807) is 0 Å². The molecule has 0 aliphatic heterocycles. The first-order valence-corrected chi connectivity index (χ1v) is 11.6. The van der Waals surface area contributed by atoms with Crippen LogP contribution in [0.4, 0.5) is 0 Å². The molecule has 34 heavy (non-hydrogen) atoms. The Labute approximate surface area is 203 Å². The summed E-state index contributed by atoms with van der Waals surface area (Å²) in [5, 5.41) is 3.57. The van der Waals surface area contributed by atoms with Crippen LogP contribution in [0.15, 0.2) is 91.0 Å². The second-order valence-electron chi connectivity index (χ2n) is 8.89. The molecule has 5 heteroatoms. The average Bonchev–Trinajstić information content (AvgIpc) is 2.88. The number of hydrogen-bond acceptors (Lipinski definition) is 5. The zero-order valence-corrected chi connectivity index (χ0v) is 20.3. The summed E-state index contributed by atoms with van der Waals surface area (Å²) >= 11 is 0. The van der Waals surface area contributed by atoms with Gasteiger partial charge in [-0.05, 0) is 30.5 Å². The van der Waals surface area contributed by atoms with Crippen molar-refractivity contribution in [1.29, 1.82) is 0 Å². The molecule has 3 aromatic carbocycles. The predicted molar refractivity (Wildman–Crippen MR) is 134 cm³/mol. The minimum Gasteiger partial charge on any atom is -0.469 e. The summed E-state index contributed by atoms with van der Waals surface area (Å²) in [6.07, 6.45) is -0.387. The van der Waals surface area contributed by atoms with E-state index >= 15 is 0 Å². The SMILES string of the molecule is COC(=O)C(C)(C)[C@@H](NCc1ccccc1)[C@@H](COCc1ccccc1)OCc1ccccc1. The molecule has 5 nitrogen and oxygen atoms in total. The summed E-state index contributed by atoms with van der Waals surface area (Å²) < 4.78 is 17.7. The molecule has 2 atom stereocenters. The van der Waals surface area contributed by atoms with Crippen LogP contribution in [-0.4, -0.2) is 31.8 Å². The molecule has 180 valence electrons. The minimum absolute atomic E-state index is 0.297. The second kappa shape index (κ2) is 13.0. The number of benzene rings is 3. The van der Waals surface area contributed by atoms with Crippen LogP contribution in [0.25, 0.3) is 0 Å². The molecule has 0 aliphatic carbocycles. The Morgan fingerprint density at radius 2 is 1.29 bits per heavy atom. The lowest BCUT2D eigenvalue weighted by Crippen LogP contribution is -2.55. The summed E-state index contributed by atoms with van der Waals surface area (Å²) in [4.78, 5) is 12.8. The first-order chi connectivity index (χ1) is 16.5. The Morgan fingerprint density at radius 3 is 1.82 bits per heavy atom. The zero-order chi connectivity index (χ0) is 24.2. The molecule has 0 fully saturated rings. The zero-order valence-electron chi connectivity index (χ0n) is 20.3. The first-order valence-electron chi connectivity index (χ1n) is 11.6. The van der Waals surface area contributed by atoms with Crippen molar-refractivity contribution < 1.29 is 19.0 Å². The van der Waals surface area contributed by atoms with Gasteiger partial charge in [0.1, 0.15) is 0 Å². The van der Waals surface area contributed by atoms with Crippen molar-refractivity contribution >= 4 is 5.97 Å². The molecule has 3 rings (SSSR count). The Kier molecular flexibility index (Phi) is 9.83. The third kappa shape index (κ3) is 7.52. The van der Waals surface area contributed by atoms with Crippen LogP contribution in [0, 0.1) is 5.41 Å². The molecule has 0 saturated carbocycles. The highest BCUT2D eigenvalue weighted by atomic mass is 16.5. The van der Waals surface area contributed by atoms with Gasteiger partial charge < -0.3 is 19.5 Å². The van der Waals surface area contributed by atoms with Crippen LogP contribution in [0.5, 0.6) is 0 Å². The van der Waals surface area contributed by atoms with Crippen molar-refractivity contribution in [2.45, 2.75) is 45.8 Å². The molecule has 0 amide bonds. The van der Waals surface area contributed by atoms with Gasteiger partial charge >= 0.3 is 5.97 Å². The standard InChI is InChI=1S/C29H35NO4/c1-29(2,28(31)32-3)27(30-19-23-13-7-4-8-14-23)26(34-21-25-17-11-6-12-18-25)22-33-20-24-15-9-5-10-16-24/h4-18,26-27,30H,19-22H2,1-3H3/t26-,27+/m1/s1. The van der Waals surface area contributed by atoms with Gasteiger partial charge in [0.2, 0.25) is 0 Å². The van der Waals surface area contributed by atoms with Crippen LogP contribution in [0.3, 0.4) is 0 Å². The lowest BCUT2D eigenvalue weighted by molar-refractivity contribution is -0.157. The molecule has 0 heterocycles. The van der Waals surface area contributed by atoms with E-state index in [1.165, 1.54) is 7.11 Å². The maximum atomic E-state index is 12.8. The summed E-state index contributed by atoms with van der Waals surface area (Å²) in [6.45, 7) is 5.58. The van der Waals surface area contributed by atoms with Crippen molar-refractivity contribution in [2.24, 2.45) is 5.41 Å². The number of carbonyl (C=O) groups excluding carboxylic acids is 1. The molecule has 0 saturated heterocycles. The number of methoxy groups -OCH3 is 1. The molecule has 1 N–H and O–H groups in total. The van der Waals surface area contributed by atoms with Crippen molar-refractivity contribution in [2.75, 3.05) is 13.7 Å². The number of nitrogens with one attached hydrogen (secondary N) is 1. The molecule has 0 radical (unpaired) electrons. The van der Waals surface area contributed by atoms with E-state index in [0.717, 1.165) is 16.7 Å². The fourth-order valence-electron chi connectivity index (χ4n) is 3.95. The third-order valence-corrected chi connectivity index (χ3v) is 5.93. The van der Waals surface area contributed by atoms with E-state index in [-0.39, 0.29) is 18.1 Å². The van der Waals surface area contributed by atoms with E-state index in [4.69, 9.17) is 14.2 Å². The smallest absolute Gasteiger partial charge is 0.312 e. The Morgan fingerprint density at radius 1 is 0.794 bits per heavy atom. The van der Waals surface area contributed by atoms with E-state index < -0.39 is 5.41 Å². The van der Waals surface area contributed by atoms with Crippen LogP contribution in [-0.2, 0) is 38.8 Å². The van der Waals surface area contributed by atoms with Crippen molar-refractivity contribution in [3.63, 3.8) is 0 Å². The fourth-order valence-corrected chi connectivity index (χ4v) is 3.95. The van der Waals surface area contributed by atoms with Gasteiger partial charge in [0, 0.05) is 6.54 Å². The maximum Gasteiger partial charge on any atom is 0.312 e. The van der Waals surface area contributed by atoms with Crippen LogP contribution >= 0.6 is 0 Å². The molecule has 0 unspecified atom stereocenters. The Balaban J connectivity index is 1.80. The van der Waals surface area contributed by atoms with Gasteiger partial charge in [-0.1, -0.05) is 91.0 Å². The number of rotatable bonds is 13. The lowest BCUT2D eigenvalue weighted by Gasteiger charge is -2.38. The number of ether oxygens (including phenoxy) is 3. The van der Waals surface area contributed by atoms with Crippen molar-refractivity contribution in [3.05, 3.63) is 108 Å². The van der Waals surface area contributed by atoms with Gasteiger partial charge in [0.25, 0.3) is 0 Å².